The molecule has 0 N–H and O–H groups in total. The Bertz CT molecular complexity index is 716. The van der Waals surface area contributed by atoms with E-state index < -0.39 is 0 Å². The van der Waals surface area contributed by atoms with Crippen LogP contribution in [0.15, 0.2) is 65.7 Å². The summed E-state index contributed by atoms with van der Waals surface area (Å²) in [5.74, 6) is 2.00. The average molecular weight is 332 g/mol. The summed E-state index contributed by atoms with van der Waals surface area (Å²) in [6.45, 7) is 4.26. The van der Waals surface area contributed by atoms with Crippen LogP contribution in [0.25, 0.3) is 0 Å². The molecule has 1 saturated carbocycles. The van der Waals surface area contributed by atoms with Gasteiger partial charge in [-0.1, -0.05) is 79.9 Å². The van der Waals surface area contributed by atoms with Crippen molar-refractivity contribution in [3.63, 3.8) is 0 Å². The van der Waals surface area contributed by atoms with Crippen LogP contribution in [0.5, 0.6) is 0 Å². The number of rotatable bonds is 4. The maximum Gasteiger partial charge on any atom is 0.104 e. The number of amidine groups is 1. The Morgan fingerprint density at radius 2 is 1.56 bits per heavy atom. The van der Waals surface area contributed by atoms with Gasteiger partial charge in [0.25, 0.3) is 0 Å². The van der Waals surface area contributed by atoms with Gasteiger partial charge in [-0.05, 0) is 30.9 Å². The van der Waals surface area contributed by atoms with E-state index in [2.05, 4.69) is 72.5 Å². The van der Waals surface area contributed by atoms with Crippen LogP contribution in [0.3, 0.4) is 0 Å². The molecule has 2 aromatic carbocycles. The van der Waals surface area contributed by atoms with E-state index in [-0.39, 0.29) is 5.54 Å². The van der Waals surface area contributed by atoms with E-state index >= 15 is 0 Å². The van der Waals surface area contributed by atoms with E-state index in [1.807, 2.05) is 0 Å². The lowest BCUT2D eigenvalue weighted by Crippen LogP contribution is -2.36. The summed E-state index contributed by atoms with van der Waals surface area (Å²) in [5.41, 5.74) is 2.59. The van der Waals surface area contributed by atoms with Crippen molar-refractivity contribution in [2.45, 2.75) is 51.1 Å². The van der Waals surface area contributed by atoms with Gasteiger partial charge in [-0.25, -0.2) is 0 Å². The quantitative estimate of drug-likeness (QED) is 0.732. The third-order valence-corrected chi connectivity index (χ3v) is 5.77. The predicted molar refractivity (Wildman–Crippen MR) is 105 cm³/mol. The fourth-order valence-electron chi connectivity index (χ4n) is 4.42. The second-order valence-electron chi connectivity index (χ2n) is 7.79. The Morgan fingerprint density at radius 3 is 2.24 bits per heavy atom. The lowest BCUT2D eigenvalue weighted by molar-refractivity contribution is 0.335. The van der Waals surface area contributed by atoms with E-state index in [1.54, 1.807) is 0 Å². The van der Waals surface area contributed by atoms with Crippen molar-refractivity contribution in [2.75, 3.05) is 6.54 Å². The molecule has 1 aliphatic carbocycles. The molecule has 2 aromatic rings. The molecular formula is C23H28N2. The van der Waals surface area contributed by atoms with Crippen molar-refractivity contribution in [3.8, 4) is 0 Å². The van der Waals surface area contributed by atoms with Crippen LogP contribution in [0, 0.1) is 5.92 Å². The highest BCUT2D eigenvalue weighted by atomic mass is 15.3. The first kappa shape index (κ1) is 16.4. The minimum absolute atomic E-state index is 0.122. The first-order chi connectivity index (χ1) is 12.2. The largest absolute Gasteiger partial charge is 0.353 e. The van der Waals surface area contributed by atoms with E-state index in [0.29, 0.717) is 5.92 Å². The molecule has 1 fully saturated rings. The molecule has 1 unspecified atom stereocenters. The van der Waals surface area contributed by atoms with E-state index in [0.717, 1.165) is 13.1 Å². The molecule has 0 saturated heterocycles. The average Bonchev–Trinajstić information content (AvgIpc) is 3.02. The fraction of sp³-hybridized carbons (Fsp3) is 0.435. The zero-order chi connectivity index (χ0) is 17.1. The summed E-state index contributed by atoms with van der Waals surface area (Å²) in [7, 11) is 0. The van der Waals surface area contributed by atoms with Crippen LogP contribution in [-0.2, 0) is 12.1 Å². The van der Waals surface area contributed by atoms with Crippen molar-refractivity contribution < 1.29 is 0 Å². The molecule has 25 heavy (non-hydrogen) atoms. The van der Waals surface area contributed by atoms with Gasteiger partial charge in [-0.2, -0.15) is 0 Å². The molecule has 2 heteroatoms. The smallest absolute Gasteiger partial charge is 0.104 e. The molecule has 0 radical (unpaired) electrons. The van der Waals surface area contributed by atoms with Gasteiger partial charge in [0.2, 0.25) is 0 Å². The molecule has 1 aliphatic heterocycles. The first-order valence-electron chi connectivity index (χ1n) is 9.69. The highest BCUT2D eigenvalue weighted by Crippen LogP contribution is 2.37. The van der Waals surface area contributed by atoms with Crippen LogP contribution in [0.1, 0.15) is 50.2 Å². The molecule has 0 aromatic heterocycles. The monoisotopic (exact) mass is 332 g/mol. The molecule has 0 spiro atoms. The zero-order valence-electron chi connectivity index (χ0n) is 15.2. The summed E-state index contributed by atoms with van der Waals surface area (Å²) in [6, 6.07) is 21.7. The van der Waals surface area contributed by atoms with Gasteiger partial charge >= 0.3 is 0 Å². The Kier molecular flexibility index (Phi) is 4.61. The van der Waals surface area contributed by atoms with Crippen LogP contribution in [0.2, 0.25) is 0 Å². The SMILES string of the molecule is CC1(c2ccccc2)CN(Cc2ccccc2)C(C2CCCCC2)=N1. The van der Waals surface area contributed by atoms with Crippen molar-refractivity contribution in [2.24, 2.45) is 10.9 Å². The lowest BCUT2D eigenvalue weighted by Gasteiger charge is -2.30. The molecule has 1 atom stereocenters. The number of hydrogen-bond acceptors (Lipinski definition) is 2. The summed E-state index contributed by atoms with van der Waals surface area (Å²) in [4.78, 5) is 7.89. The third kappa shape index (κ3) is 3.49. The minimum Gasteiger partial charge on any atom is -0.353 e. The Labute approximate surface area is 151 Å². The van der Waals surface area contributed by atoms with Gasteiger partial charge in [-0.3, -0.25) is 4.99 Å². The van der Waals surface area contributed by atoms with E-state index in [4.69, 9.17) is 4.99 Å². The van der Waals surface area contributed by atoms with Crippen molar-refractivity contribution in [3.05, 3.63) is 71.8 Å². The predicted octanol–water partition coefficient (Wildman–Crippen LogP) is 5.40. The van der Waals surface area contributed by atoms with E-state index in [9.17, 15) is 0 Å². The maximum absolute atomic E-state index is 5.33. The summed E-state index contributed by atoms with van der Waals surface area (Å²) in [6.07, 6.45) is 6.69. The van der Waals surface area contributed by atoms with Gasteiger partial charge in [-0.15, -0.1) is 0 Å². The van der Waals surface area contributed by atoms with Crippen LogP contribution in [0.4, 0.5) is 0 Å². The minimum atomic E-state index is -0.122. The summed E-state index contributed by atoms with van der Waals surface area (Å²) >= 11 is 0. The highest BCUT2D eigenvalue weighted by molar-refractivity contribution is 5.87. The number of aliphatic imine (C=N–C) groups is 1. The number of nitrogens with zero attached hydrogens (tertiary/aromatic N) is 2. The molecule has 130 valence electrons. The Balaban J connectivity index is 1.64. The van der Waals surface area contributed by atoms with Gasteiger partial charge in [0.15, 0.2) is 0 Å². The number of hydrogen-bond donors (Lipinski definition) is 0. The Morgan fingerprint density at radius 1 is 0.920 bits per heavy atom. The maximum atomic E-state index is 5.33. The third-order valence-electron chi connectivity index (χ3n) is 5.77. The summed E-state index contributed by atoms with van der Waals surface area (Å²) in [5, 5.41) is 0. The van der Waals surface area contributed by atoms with Crippen molar-refractivity contribution in [1.29, 1.82) is 0 Å². The zero-order valence-corrected chi connectivity index (χ0v) is 15.2. The fourth-order valence-corrected chi connectivity index (χ4v) is 4.42. The van der Waals surface area contributed by atoms with Crippen molar-refractivity contribution in [1.82, 2.24) is 4.90 Å². The van der Waals surface area contributed by atoms with Gasteiger partial charge < -0.3 is 4.90 Å². The molecule has 4 rings (SSSR count). The second-order valence-corrected chi connectivity index (χ2v) is 7.79. The van der Waals surface area contributed by atoms with Gasteiger partial charge in [0, 0.05) is 19.0 Å². The van der Waals surface area contributed by atoms with Gasteiger partial charge in [0.05, 0.1) is 0 Å². The van der Waals surface area contributed by atoms with E-state index in [1.165, 1.54) is 49.1 Å². The first-order valence-corrected chi connectivity index (χ1v) is 9.69. The standard InChI is InChI=1S/C23H28N2/c1-23(21-15-9-4-10-16-21)18-25(17-19-11-5-2-6-12-19)22(24-23)20-13-7-3-8-14-20/h2,4-6,9-12,15-16,20H,3,7-8,13-14,17-18H2,1H3. The molecule has 2 nitrogen and oxygen atoms in total. The highest BCUT2D eigenvalue weighted by Gasteiger charge is 2.39. The molecule has 1 heterocycles. The normalized spacial score (nSPS) is 24.4. The molecule has 0 bridgehead atoms. The van der Waals surface area contributed by atoms with Crippen molar-refractivity contribution >= 4 is 5.84 Å². The Hall–Kier alpha value is -2.09. The molecule has 2 aliphatic rings. The second kappa shape index (κ2) is 7.03. The lowest BCUT2D eigenvalue weighted by atomic mass is 9.88. The topological polar surface area (TPSA) is 15.6 Å². The molecular weight excluding hydrogens is 304 g/mol. The van der Waals surface area contributed by atoms with Crippen LogP contribution in [-0.4, -0.2) is 17.3 Å². The number of benzene rings is 2. The molecule has 0 amide bonds. The summed E-state index contributed by atoms with van der Waals surface area (Å²) < 4.78 is 0. The van der Waals surface area contributed by atoms with Crippen LogP contribution >= 0.6 is 0 Å². The van der Waals surface area contributed by atoms with Crippen LogP contribution < -0.4 is 0 Å². The van der Waals surface area contributed by atoms with Gasteiger partial charge in [0.1, 0.15) is 11.4 Å².